The van der Waals surface area contributed by atoms with Gasteiger partial charge in [0, 0.05) is 26.0 Å². The first-order valence-electron chi connectivity index (χ1n) is 6.32. The van der Waals surface area contributed by atoms with Gasteiger partial charge in [0.1, 0.15) is 5.82 Å². The number of rotatable bonds is 5. The maximum Gasteiger partial charge on any atom is 0.337 e. The number of hydrogen-bond donors (Lipinski definition) is 3. The highest BCUT2D eigenvalue weighted by Crippen LogP contribution is 2.23. The minimum absolute atomic E-state index is 0.161. The number of pyridine rings is 1. The van der Waals surface area contributed by atoms with E-state index in [-0.39, 0.29) is 5.56 Å². The predicted octanol–water partition coefficient (Wildman–Crippen LogP) is 1.12. The lowest BCUT2D eigenvalue weighted by Crippen LogP contribution is -2.37. The summed E-state index contributed by atoms with van der Waals surface area (Å²) in [5.41, 5.74) is -0.500. The highest BCUT2D eigenvalue weighted by Gasteiger charge is 2.28. The van der Waals surface area contributed by atoms with Crippen molar-refractivity contribution < 1.29 is 19.7 Å². The van der Waals surface area contributed by atoms with E-state index in [0.29, 0.717) is 44.8 Å². The topological polar surface area (TPSA) is 91.7 Å². The smallest absolute Gasteiger partial charge is 0.337 e. The molecule has 0 saturated carbocycles. The van der Waals surface area contributed by atoms with Gasteiger partial charge < -0.3 is 20.3 Å². The summed E-state index contributed by atoms with van der Waals surface area (Å²) in [5, 5.41) is 22.1. The Labute approximate surface area is 111 Å². The number of aromatic nitrogens is 1. The molecular weight excluding hydrogens is 248 g/mol. The molecule has 0 spiro atoms. The van der Waals surface area contributed by atoms with Crippen molar-refractivity contribution in [1.29, 1.82) is 0 Å². The number of anilines is 1. The van der Waals surface area contributed by atoms with Crippen LogP contribution in [0.4, 0.5) is 5.82 Å². The van der Waals surface area contributed by atoms with Crippen LogP contribution in [0.15, 0.2) is 18.3 Å². The molecule has 6 nitrogen and oxygen atoms in total. The molecule has 2 heterocycles. The van der Waals surface area contributed by atoms with Crippen LogP contribution in [0.3, 0.4) is 0 Å². The van der Waals surface area contributed by atoms with E-state index < -0.39 is 11.6 Å². The van der Waals surface area contributed by atoms with Gasteiger partial charge in [-0.25, -0.2) is 9.78 Å². The van der Waals surface area contributed by atoms with E-state index >= 15 is 0 Å². The lowest BCUT2D eigenvalue weighted by molar-refractivity contribution is -0.0658. The standard InChI is InChI=1S/C13H18N2O4/c16-12(17)10-1-2-11(15-9-10)14-6-3-13(18)4-7-19-8-5-13/h1-2,9,18H,3-8H2,(H,14,15)(H,16,17). The number of carboxylic acids is 1. The molecule has 0 amide bonds. The summed E-state index contributed by atoms with van der Waals surface area (Å²) in [5.74, 6) is -0.378. The lowest BCUT2D eigenvalue weighted by Gasteiger charge is -2.32. The maximum atomic E-state index is 10.7. The lowest BCUT2D eigenvalue weighted by atomic mass is 9.91. The third-order valence-corrected chi connectivity index (χ3v) is 3.33. The average molecular weight is 266 g/mol. The van der Waals surface area contributed by atoms with Crippen LogP contribution in [0.1, 0.15) is 29.6 Å². The number of aliphatic hydroxyl groups is 1. The van der Waals surface area contributed by atoms with Gasteiger partial charge >= 0.3 is 5.97 Å². The van der Waals surface area contributed by atoms with Gasteiger partial charge in [-0.05, 0) is 31.4 Å². The Morgan fingerprint density at radius 3 is 2.74 bits per heavy atom. The molecule has 0 aliphatic carbocycles. The second kappa shape index (κ2) is 5.99. The number of nitrogens with zero attached hydrogens (tertiary/aromatic N) is 1. The van der Waals surface area contributed by atoms with Crippen molar-refractivity contribution in [2.45, 2.75) is 24.9 Å². The molecule has 2 rings (SSSR count). The predicted molar refractivity (Wildman–Crippen MR) is 69.3 cm³/mol. The van der Waals surface area contributed by atoms with Crippen LogP contribution in [-0.2, 0) is 4.74 Å². The van der Waals surface area contributed by atoms with Crippen molar-refractivity contribution in [1.82, 2.24) is 4.98 Å². The van der Waals surface area contributed by atoms with Crippen molar-refractivity contribution in [3.63, 3.8) is 0 Å². The molecule has 6 heteroatoms. The van der Waals surface area contributed by atoms with Crippen molar-refractivity contribution in [3.8, 4) is 0 Å². The van der Waals surface area contributed by atoms with Gasteiger partial charge in [0.2, 0.25) is 0 Å². The summed E-state index contributed by atoms with van der Waals surface area (Å²) in [7, 11) is 0. The van der Waals surface area contributed by atoms with Crippen LogP contribution in [0.25, 0.3) is 0 Å². The summed E-state index contributed by atoms with van der Waals surface area (Å²) in [4.78, 5) is 14.7. The van der Waals surface area contributed by atoms with Gasteiger partial charge in [-0.1, -0.05) is 0 Å². The third-order valence-electron chi connectivity index (χ3n) is 3.33. The Morgan fingerprint density at radius 1 is 1.42 bits per heavy atom. The maximum absolute atomic E-state index is 10.7. The van der Waals surface area contributed by atoms with Crippen LogP contribution < -0.4 is 5.32 Å². The Morgan fingerprint density at radius 2 is 2.16 bits per heavy atom. The number of carbonyl (C=O) groups is 1. The fourth-order valence-corrected chi connectivity index (χ4v) is 2.05. The van der Waals surface area contributed by atoms with E-state index in [9.17, 15) is 9.90 Å². The molecule has 3 N–H and O–H groups in total. The van der Waals surface area contributed by atoms with E-state index in [1.165, 1.54) is 12.3 Å². The second-order valence-corrected chi connectivity index (χ2v) is 4.75. The van der Waals surface area contributed by atoms with E-state index in [2.05, 4.69) is 10.3 Å². The second-order valence-electron chi connectivity index (χ2n) is 4.75. The van der Waals surface area contributed by atoms with E-state index in [1.807, 2.05) is 0 Å². The summed E-state index contributed by atoms with van der Waals surface area (Å²) in [6.45, 7) is 1.79. The summed E-state index contributed by atoms with van der Waals surface area (Å²) in [6.07, 6.45) is 3.24. The van der Waals surface area contributed by atoms with E-state index in [0.717, 1.165) is 0 Å². The first-order chi connectivity index (χ1) is 9.09. The zero-order valence-electron chi connectivity index (χ0n) is 10.6. The van der Waals surface area contributed by atoms with Gasteiger partial charge in [-0.2, -0.15) is 0 Å². The SMILES string of the molecule is O=C(O)c1ccc(NCCC2(O)CCOCC2)nc1. The van der Waals surface area contributed by atoms with Gasteiger partial charge in [-0.15, -0.1) is 0 Å². The number of hydrogen-bond acceptors (Lipinski definition) is 5. The molecule has 1 fully saturated rings. The molecule has 1 saturated heterocycles. The molecule has 0 atom stereocenters. The molecule has 1 aromatic heterocycles. The number of nitrogens with one attached hydrogen (secondary N) is 1. The molecular formula is C13H18N2O4. The summed E-state index contributed by atoms with van der Waals surface area (Å²) >= 11 is 0. The number of carboxylic acid groups (broad SMARTS) is 1. The van der Waals surface area contributed by atoms with Gasteiger partial charge in [-0.3, -0.25) is 0 Å². The summed E-state index contributed by atoms with van der Waals surface area (Å²) < 4.78 is 5.22. The van der Waals surface area contributed by atoms with Crippen LogP contribution in [0, 0.1) is 0 Å². The monoisotopic (exact) mass is 266 g/mol. The first-order valence-corrected chi connectivity index (χ1v) is 6.32. The largest absolute Gasteiger partial charge is 0.478 e. The fraction of sp³-hybridized carbons (Fsp3) is 0.538. The molecule has 0 radical (unpaired) electrons. The third kappa shape index (κ3) is 3.90. The van der Waals surface area contributed by atoms with Crippen LogP contribution in [0.2, 0.25) is 0 Å². The highest BCUT2D eigenvalue weighted by molar-refractivity contribution is 5.87. The number of ether oxygens (including phenoxy) is 1. The van der Waals surface area contributed by atoms with Gasteiger partial charge in [0.15, 0.2) is 0 Å². The van der Waals surface area contributed by atoms with E-state index in [4.69, 9.17) is 9.84 Å². The average Bonchev–Trinajstić information content (AvgIpc) is 2.40. The van der Waals surface area contributed by atoms with Gasteiger partial charge in [0.05, 0.1) is 11.2 Å². The Bertz CT molecular complexity index is 427. The molecule has 0 bridgehead atoms. The molecule has 104 valence electrons. The Balaban J connectivity index is 1.80. The molecule has 1 aliphatic rings. The Kier molecular flexibility index (Phi) is 4.34. The minimum atomic E-state index is -0.990. The molecule has 19 heavy (non-hydrogen) atoms. The molecule has 0 aromatic carbocycles. The normalized spacial score (nSPS) is 17.9. The fourth-order valence-electron chi connectivity index (χ4n) is 2.05. The van der Waals surface area contributed by atoms with E-state index in [1.54, 1.807) is 6.07 Å². The zero-order valence-corrected chi connectivity index (χ0v) is 10.6. The van der Waals surface area contributed by atoms with Crippen LogP contribution in [0.5, 0.6) is 0 Å². The van der Waals surface area contributed by atoms with Crippen molar-refractivity contribution in [2.75, 3.05) is 25.1 Å². The highest BCUT2D eigenvalue weighted by atomic mass is 16.5. The van der Waals surface area contributed by atoms with Crippen LogP contribution in [-0.4, -0.2) is 46.5 Å². The number of aromatic carboxylic acids is 1. The summed E-state index contributed by atoms with van der Waals surface area (Å²) in [6, 6.07) is 3.12. The van der Waals surface area contributed by atoms with Crippen molar-refractivity contribution >= 4 is 11.8 Å². The van der Waals surface area contributed by atoms with Gasteiger partial charge in [0.25, 0.3) is 0 Å². The molecule has 1 aromatic rings. The quantitative estimate of drug-likeness (QED) is 0.739. The molecule has 1 aliphatic heterocycles. The Hall–Kier alpha value is -1.66. The zero-order chi connectivity index (χ0) is 13.7. The van der Waals surface area contributed by atoms with Crippen molar-refractivity contribution in [3.05, 3.63) is 23.9 Å². The van der Waals surface area contributed by atoms with Crippen molar-refractivity contribution in [2.24, 2.45) is 0 Å². The first kappa shape index (κ1) is 13.8. The van der Waals surface area contributed by atoms with Crippen LogP contribution >= 0.6 is 0 Å². The minimum Gasteiger partial charge on any atom is -0.478 e. The molecule has 0 unspecified atom stereocenters.